The fourth-order valence-electron chi connectivity index (χ4n) is 4.42. The molecule has 0 aliphatic heterocycles. The molecule has 3 aromatic rings. The number of rotatable bonds is 12. The van der Waals surface area contributed by atoms with E-state index < -0.39 is 0 Å². The molecule has 0 fully saturated rings. The van der Waals surface area contributed by atoms with Crippen molar-refractivity contribution in [1.82, 2.24) is 15.4 Å². The summed E-state index contributed by atoms with van der Waals surface area (Å²) in [7, 11) is 0. The summed E-state index contributed by atoms with van der Waals surface area (Å²) in [5.41, 5.74) is 3.74. The lowest BCUT2D eigenvalue weighted by Crippen LogP contribution is -2.23. The quantitative estimate of drug-likeness (QED) is 0.269. The number of aryl methyl sites for hydroxylation is 1. The van der Waals surface area contributed by atoms with Crippen LogP contribution in [0.3, 0.4) is 0 Å². The molecule has 3 rings (SSSR count). The number of hydrogen-bond donors (Lipinski definition) is 3. The largest absolute Gasteiger partial charge is 0.508 e. The fourth-order valence-corrected chi connectivity index (χ4v) is 4.42. The minimum atomic E-state index is -0.342. The molecular weight excluding hydrogens is 454 g/mol. The minimum absolute atomic E-state index is 0.0154. The Morgan fingerprint density at radius 2 is 1.72 bits per heavy atom. The Balaban J connectivity index is 1.94. The highest BCUT2D eigenvalue weighted by Gasteiger charge is 2.27. The second-order valence-corrected chi connectivity index (χ2v) is 9.36. The second kappa shape index (κ2) is 12.6. The van der Waals surface area contributed by atoms with Crippen LogP contribution in [0.5, 0.6) is 11.5 Å². The zero-order valence-electron chi connectivity index (χ0n) is 22.1. The second-order valence-electron chi connectivity index (χ2n) is 9.36. The van der Waals surface area contributed by atoms with Gasteiger partial charge in [0.2, 0.25) is 0 Å². The first-order chi connectivity index (χ1) is 17.3. The molecule has 0 unspecified atom stereocenters. The van der Waals surface area contributed by atoms with Crippen LogP contribution in [-0.2, 0) is 6.42 Å². The van der Waals surface area contributed by atoms with Gasteiger partial charge in [-0.15, -0.1) is 0 Å². The van der Waals surface area contributed by atoms with Crippen LogP contribution in [-0.4, -0.2) is 52.4 Å². The van der Waals surface area contributed by atoms with E-state index in [9.17, 15) is 15.0 Å². The van der Waals surface area contributed by atoms with Gasteiger partial charge in [-0.25, -0.2) is 0 Å². The third-order valence-electron chi connectivity index (χ3n) is 6.58. The van der Waals surface area contributed by atoms with E-state index in [0.717, 1.165) is 44.5 Å². The maximum absolute atomic E-state index is 12.8. The molecule has 0 saturated carbocycles. The first-order valence-corrected chi connectivity index (χ1v) is 13.0. The van der Waals surface area contributed by atoms with E-state index in [2.05, 4.69) is 41.4 Å². The van der Waals surface area contributed by atoms with Crippen LogP contribution >= 0.6 is 0 Å². The Bertz CT molecular complexity index is 1150. The number of amides is 1. The molecular formula is C29H39N3O4. The predicted octanol–water partition coefficient (Wildman–Crippen LogP) is 5.96. The number of phenols is 2. The summed E-state index contributed by atoms with van der Waals surface area (Å²) in [5.74, 6) is -0.143. The van der Waals surface area contributed by atoms with E-state index in [1.807, 2.05) is 32.9 Å². The molecule has 36 heavy (non-hydrogen) atoms. The van der Waals surface area contributed by atoms with Crippen molar-refractivity contribution in [1.29, 1.82) is 0 Å². The van der Waals surface area contributed by atoms with Gasteiger partial charge in [-0.1, -0.05) is 57.1 Å². The van der Waals surface area contributed by atoms with Crippen molar-refractivity contribution < 1.29 is 19.5 Å². The normalized spacial score (nSPS) is 11.4. The Morgan fingerprint density at radius 1 is 1.03 bits per heavy atom. The van der Waals surface area contributed by atoms with Crippen molar-refractivity contribution >= 4 is 5.91 Å². The zero-order valence-corrected chi connectivity index (χ0v) is 22.1. The highest BCUT2D eigenvalue weighted by molar-refractivity contribution is 6.02. The summed E-state index contributed by atoms with van der Waals surface area (Å²) in [6.45, 7) is 13.9. The van der Waals surface area contributed by atoms with Crippen LogP contribution in [0.2, 0.25) is 0 Å². The van der Waals surface area contributed by atoms with Gasteiger partial charge in [0.1, 0.15) is 11.5 Å². The Hall–Kier alpha value is -3.32. The van der Waals surface area contributed by atoms with Crippen LogP contribution in [0.25, 0.3) is 22.5 Å². The lowest BCUT2D eigenvalue weighted by molar-refractivity contribution is 0.0947. The maximum atomic E-state index is 12.8. The SMILES string of the molecule is CCNC(=O)c1noc(-c2cc(C(C)C)c(O)cc2O)c1-c1ccc(CCCCN(CC)CC)cc1. The highest BCUT2D eigenvalue weighted by Crippen LogP contribution is 2.43. The molecule has 0 bridgehead atoms. The summed E-state index contributed by atoms with van der Waals surface area (Å²) >= 11 is 0. The monoisotopic (exact) mass is 493 g/mol. The number of benzene rings is 2. The van der Waals surface area contributed by atoms with Gasteiger partial charge in [0.25, 0.3) is 5.91 Å². The van der Waals surface area contributed by atoms with Gasteiger partial charge >= 0.3 is 0 Å². The molecule has 0 atom stereocenters. The van der Waals surface area contributed by atoms with E-state index >= 15 is 0 Å². The summed E-state index contributed by atoms with van der Waals surface area (Å²) in [4.78, 5) is 15.2. The van der Waals surface area contributed by atoms with Crippen LogP contribution < -0.4 is 5.32 Å². The number of nitrogens with one attached hydrogen (secondary N) is 1. The van der Waals surface area contributed by atoms with Gasteiger partial charge < -0.3 is 25.0 Å². The van der Waals surface area contributed by atoms with Crippen molar-refractivity contribution in [2.24, 2.45) is 0 Å². The molecule has 1 aromatic heterocycles. The summed E-state index contributed by atoms with van der Waals surface area (Å²) in [6.07, 6.45) is 3.24. The van der Waals surface area contributed by atoms with Crippen LogP contribution in [0.15, 0.2) is 40.9 Å². The van der Waals surface area contributed by atoms with Gasteiger partial charge in [0.05, 0.1) is 11.1 Å². The number of carbonyl (C=O) groups is 1. The molecule has 2 aromatic carbocycles. The molecule has 0 aliphatic carbocycles. The minimum Gasteiger partial charge on any atom is -0.508 e. The third-order valence-corrected chi connectivity index (χ3v) is 6.58. The maximum Gasteiger partial charge on any atom is 0.274 e. The average molecular weight is 494 g/mol. The number of unbranched alkanes of at least 4 members (excludes halogenated alkanes) is 1. The van der Waals surface area contributed by atoms with Gasteiger partial charge in [0.15, 0.2) is 11.5 Å². The molecule has 0 spiro atoms. The summed E-state index contributed by atoms with van der Waals surface area (Å²) in [6, 6.07) is 11.1. The van der Waals surface area contributed by atoms with Crippen molar-refractivity contribution in [2.45, 2.75) is 59.8 Å². The van der Waals surface area contributed by atoms with Crippen molar-refractivity contribution in [3.63, 3.8) is 0 Å². The zero-order chi connectivity index (χ0) is 26.2. The van der Waals surface area contributed by atoms with Crippen LogP contribution in [0.4, 0.5) is 0 Å². The molecule has 7 heteroatoms. The smallest absolute Gasteiger partial charge is 0.274 e. The number of aromatic nitrogens is 1. The van der Waals surface area contributed by atoms with E-state index in [-0.39, 0.29) is 29.0 Å². The number of carbonyl (C=O) groups excluding carboxylic acids is 1. The van der Waals surface area contributed by atoms with Gasteiger partial charge in [0, 0.05) is 12.6 Å². The first-order valence-electron chi connectivity index (χ1n) is 13.0. The van der Waals surface area contributed by atoms with Crippen molar-refractivity contribution in [3.8, 4) is 33.9 Å². The average Bonchev–Trinajstić information content (AvgIpc) is 3.29. The Labute approximate surface area is 214 Å². The topological polar surface area (TPSA) is 98.8 Å². The standard InChI is InChI=1S/C29H39N3O4/c1-6-30-29(35)27-26(21-14-12-20(13-15-21)11-9-10-16-32(7-2)8-3)28(36-31-27)23-17-22(19(4)5)24(33)18-25(23)34/h12-15,17-19,33-34H,6-11,16H2,1-5H3,(H,30,35). The molecule has 3 N–H and O–H groups in total. The van der Waals surface area contributed by atoms with Crippen LogP contribution in [0, 0.1) is 0 Å². The Kier molecular flexibility index (Phi) is 9.53. The third kappa shape index (κ3) is 6.26. The van der Waals surface area contributed by atoms with E-state index in [1.165, 1.54) is 11.6 Å². The van der Waals surface area contributed by atoms with Gasteiger partial charge in [-0.2, -0.15) is 0 Å². The number of aromatic hydroxyl groups is 2. The van der Waals surface area contributed by atoms with Crippen LogP contribution in [0.1, 0.15) is 75.0 Å². The number of nitrogens with zero attached hydrogens (tertiary/aromatic N) is 2. The number of hydrogen-bond acceptors (Lipinski definition) is 6. The molecule has 194 valence electrons. The van der Waals surface area contributed by atoms with E-state index in [4.69, 9.17) is 4.52 Å². The summed E-state index contributed by atoms with van der Waals surface area (Å²) in [5, 5.41) is 27.8. The molecule has 0 saturated heterocycles. The van der Waals surface area contributed by atoms with Crippen molar-refractivity contribution in [2.75, 3.05) is 26.2 Å². The Morgan fingerprint density at radius 3 is 2.33 bits per heavy atom. The van der Waals surface area contributed by atoms with Gasteiger partial charge in [-0.3, -0.25) is 4.79 Å². The lowest BCUT2D eigenvalue weighted by atomic mass is 9.93. The van der Waals surface area contributed by atoms with E-state index in [0.29, 0.717) is 29.0 Å². The summed E-state index contributed by atoms with van der Waals surface area (Å²) < 4.78 is 5.66. The predicted molar refractivity (Wildman–Crippen MR) is 144 cm³/mol. The number of phenolic OH excluding ortho intramolecular Hbond substituents is 2. The molecule has 1 amide bonds. The highest BCUT2D eigenvalue weighted by atomic mass is 16.5. The van der Waals surface area contributed by atoms with Crippen molar-refractivity contribution in [3.05, 3.63) is 53.2 Å². The molecule has 0 aliphatic rings. The lowest BCUT2D eigenvalue weighted by Gasteiger charge is -2.17. The first kappa shape index (κ1) is 27.3. The van der Waals surface area contributed by atoms with E-state index in [1.54, 1.807) is 6.07 Å². The molecule has 0 radical (unpaired) electrons. The fraction of sp³-hybridized carbons (Fsp3) is 0.448. The molecule has 1 heterocycles. The van der Waals surface area contributed by atoms with Gasteiger partial charge in [-0.05, 0) is 74.5 Å². The molecule has 7 nitrogen and oxygen atoms in total.